The van der Waals surface area contributed by atoms with Crippen LogP contribution in [0, 0.1) is 0 Å². The summed E-state index contributed by atoms with van der Waals surface area (Å²) in [5, 5.41) is 0. The highest BCUT2D eigenvalue weighted by Gasteiger charge is 2.29. The molecule has 1 fully saturated rings. The fourth-order valence-electron chi connectivity index (χ4n) is 1.88. The van der Waals surface area contributed by atoms with Gasteiger partial charge < -0.3 is 0 Å². The summed E-state index contributed by atoms with van der Waals surface area (Å²) in [7, 11) is 0. The van der Waals surface area contributed by atoms with Crippen LogP contribution in [0.1, 0.15) is 24.3 Å². The van der Waals surface area contributed by atoms with E-state index in [4.69, 9.17) is 0 Å². The van der Waals surface area contributed by atoms with Gasteiger partial charge in [-0.2, -0.15) is 0 Å². The van der Waals surface area contributed by atoms with Crippen LogP contribution in [0.5, 0.6) is 0 Å². The van der Waals surface area contributed by atoms with Crippen LogP contribution in [0.3, 0.4) is 0 Å². The first-order valence-corrected chi connectivity index (χ1v) is 4.98. The van der Waals surface area contributed by atoms with Crippen LogP contribution < -0.4 is 0 Å². The number of Topliss-reactive ketones (excluding diaryl/α,β-unsaturated/α-hetero) is 2. The van der Waals surface area contributed by atoms with Gasteiger partial charge in [-0.15, -0.1) is 0 Å². The molecule has 2 rings (SSSR count). The number of carbonyl (C=O) groups excluding carboxylic acids is 2. The molecule has 0 heterocycles. The highest BCUT2D eigenvalue weighted by molar-refractivity contribution is 6.21. The molecule has 0 unspecified atom stereocenters. The van der Waals surface area contributed by atoms with E-state index < -0.39 is 0 Å². The van der Waals surface area contributed by atoms with Crippen molar-refractivity contribution in [2.24, 2.45) is 0 Å². The van der Waals surface area contributed by atoms with E-state index in [1.54, 1.807) is 0 Å². The van der Waals surface area contributed by atoms with Crippen molar-refractivity contribution in [3.05, 3.63) is 48.0 Å². The third-order valence-corrected chi connectivity index (χ3v) is 2.81. The third kappa shape index (κ3) is 1.89. The second kappa shape index (κ2) is 3.81. The molecule has 1 aromatic carbocycles. The highest BCUT2D eigenvalue weighted by Crippen LogP contribution is 2.30. The zero-order valence-electron chi connectivity index (χ0n) is 8.40. The minimum atomic E-state index is -0.111. The topological polar surface area (TPSA) is 34.1 Å². The van der Waals surface area contributed by atoms with Gasteiger partial charge in [-0.25, -0.2) is 0 Å². The fourth-order valence-corrected chi connectivity index (χ4v) is 1.88. The second-order valence-electron chi connectivity index (χ2n) is 3.84. The molecule has 0 radical (unpaired) electrons. The van der Waals surface area contributed by atoms with Crippen LogP contribution in [0.15, 0.2) is 42.5 Å². The quantitative estimate of drug-likeness (QED) is 0.514. The largest absolute Gasteiger partial charge is 0.294 e. The fraction of sp³-hybridized carbons (Fsp3) is 0.231. The lowest BCUT2D eigenvalue weighted by Crippen LogP contribution is -2.23. The first-order chi connectivity index (χ1) is 7.18. The molecule has 0 N–H and O–H groups in total. The number of benzene rings is 1. The molecule has 0 amide bonds. The summed E-state index contributed by atoms with van der Waals surface area (Å²) >= 11 is 0. The minimum absolute atomic E-state index is 0.0386. The van der Waals surface area contributed by atoms with Crippen molar-refractivity contribution < 1.29 is 9.59 Å². The van der Waals surface area contributed by atoms with Gasteiger partial charge in [0.15, 0.2) is 11.6 Å². The normalized spacial score (nSPS) is 18.3. The average molecular weight is 200 g/mol. The molecule has 0 saturated heterocycles. The molecular formula is C13H12O2. The van der Waals surface area contributed by atoms with Crippen LogP contribution >= 0.6 is 0 Å². The number of allylic oxidation sites excluding steroid dienone is 1. The molecule has 0 spiro atoms. The van der Waals surface area contributed by atoms with Gasteiger partial charge in [0, 0.05) is 12.8 Å². The maximum Gasteiger partial charge on any atom is 0.166 e. The van der Waals surface area contributed by atoms with Gasteiger partial charge in [0.05, 0.1) is 5.57 Å². The van der Waals surface area contributed by atoms with Crippen molar-refractivity contribution in [3.8, 4) is 0 Å². The van der Waals surface area contributed by atoms with Gasteiger partial charge in [0.1, 0.15) is 0 Å². The number of hydrogen-bond donors (Lipinski definition) is 0. The van der Waals surface area contributed by atoms with Gasteiger partial charge >= 0.3 is 0 Å². The summed E-state index contributed by atoms with van der Waals surface area (Å²) < 4.78 is 0. The standard InChI is InChI=1S/C13H12O2/c1-9-12(14)7-11(8-13(9)15)10-5-3-2-4-6-10/h2-6,11H,1,7-8H2. The number of ketones is 2. The monoisotopic (exact) mass is 200 g/mol. The molecule has 0 aromatic heterocycles. The molecule has 0 bridgehead atoms. The third-order valence-electron chi connectivity index (χ3n) is 2.81. The number of rotatable bonds is 1. The van der Waals surface area contributed by atoms with E-state index in [2.05, 4.69) is 6.58 Å². The van der Waals surface area contributed by atoms with Crippen molar-refractivity contribution in [1.29, 1.82) is 0 Å². The van der Waals surface area contributed by atoms with E-state index in [1.807, 2.05) is 30.3 Å². The molecule has 1 saturated carbocycles. The van der Waals surface area contributed by atoms with Gasteiger partial charge in [-0.3, -0.25) is 9.59 Å². The van der Waals surface area contributed by atoms with E-state index in [9.17, 15) is 9.59 Å². The summed E-state index contributed by atoms with van der Waals surface area (Å²) in [5.41, 5.74) is 1.23. The van der Waals surface area contributed by atoms with E-state index in [-0.39, 0.29) is 23.1 Å². The van der Waals surface area contributed by atoms with Crippen molar-refractivity contribution in [2.45, 2.75) is 18.8 Å². The average Bonchev–Trinajstić information content (AvgIpc) is 2.26. The summed E-state index contributed by atoms with van der Waals surface area (Å²) in [4.78, 5) is 22.9. The summed E-state index contributed by atoms with van der Waals surface area (Å²) in [6.45, 7) is 3.51. The van der Waals surface area contributed by atoms with Crippen LogP contribution in [0.25, 0.3) is 0 Å². The van der Waals surface area contributed by atoms with E-state index in [0.717, 1.165) is 5.56 Å². The first-order valence-electron chi connectivity index (χ1n) is 4.98. The summed E-state index contributed by atoms with van der Waals surface area (Å²) in [6, 6.07) is 9.69. The summed E-state index contributed by atoms with van der Waals surface area (Å²) in [6.07, 6.45) is 0.823. The summed E-state index contributed by atoms with van der Waals surface area (Å²) in [5.74, 6) is -0.183. The van der Waals surface area contributed by atoms with E-state index >= 15 is 0 Å². The highest BCUT2D eigenvalue weighted by atomic mass is 16.1. The lowest BCUT2D eigenvalue weighted by atomic mass is 9.80. The Morgan fingerprint density at radius 1 is 1.00 bits per heavy atom. The van der Waals surface area contributed by atoms with Gasteiger partial charge in [0.2, 0.25) is 0 Å². The Labute approximate surface area is 88.6 Å². The molecule has 1 aliphatic rings. The van der Waals surface area contributed by atoms with E-state index in [1.165, 1.54) is 0 Å². The van der Waals surface area contributed by atoms with Gasteiger partial charge in [-0.1, -0.05) is 36.9 Å². The smallest absolute Gasteiger partial charge is 0.166 e. The van der Waals surface area contributed by atoms with Crippen LogP contribution in [-0.4, -0.2) is 11.6 Å². The Morgan fingerprint density at radius 3 is 2.07 bits per heavy atom. The molecule has 15 heavy (non-hydrogen) atoms. The Morgan fingerprint density at radius 2 is 1.53 bits per heavy atom. The molecule has 2 heteroatoms. The lowest BCUT2D eigenvalue weighted by molar-refractivity contribution is -0.124. The lowest BCUT2D eigenvalue weighted by Gasteiger charge is -2.21. The Kier molecular flexibility index (Phi) is 2.50. The molecule has 76 valence electrons. The Balaban J connectivity index is 2.23. The van der Waals surface area contributed by atoms with Gasteiger partial charge in [-0.05, 0) is 11.5 Å². The maximum absolute atomic E-state index is 11.5. The second-order valence-corrected chi connectivity index (χ2v) is 3.84. The Hall–Kier alpha value is -1.70. The Bertz CT molecular complexity index is 397. The van der Waals surface area contributed by atoms with Crippen LogP contribution in [0.4, 0.5) is 0 Å². The molecule has 0 aliphatic heterocycles. The molecule has 1 aliphatic carbocycles. The molecular weight excluding hydrogens is 188 g/mol. The zero-order valence-corrected chi connectivity index (χ0v) is 8.40. The molecule has 1 aromatic rings. The van der Waals surface area contributed by atoms with Crippen molar-refractivity contribution in [3.63, 3.8) is 0 Å². The predicted molar refractivity (Wildman–Crippen MR) is 57.6 cm³/mol. The minimum Gasteiger partial charge on any atom is -0.294 e. The zero-order chi connectivity index (χ0) is 10.8. The van der Waals surface area contributed by atoms with Crippen LogP contribution in [0.2, 0.25) is 0 Å². The predicted octanol–water partition coefficient (Wildman–Crippen LogP) is 2.26. The van der Waals surface area contributed by atoms with Crippen LogP contribution in [-0.2, 0) is 9.59 Å². The maximum atomic E-state index is 11.5. The first kappa shape index (κ1) is 9.84. The molecule has 0 atom stereocenters. The van der Waals surface area contributed by atoms with Crippen molar-refractivity contribution in [1.82, 2.24) is 0 Å². The van der Waals surface area contributed by atoms with Crippen molar-refractivity contribution >= 4 is 11.6 Å². The SMILES string of the molecule is C=C1C(=O)CC(c2ccccc2)CC1=O. The number of hydrogen-bond acceptors (Lipinski definition) is 2. The number of carbonyl (C=O) groups is 2. The van der Waals surface area contributed by atoms with Gasteiger partial charge in [0.25, 0.3) is 0 Å². The van der Waals surface area contributed by atoms with Crippen molar-refractivity contribution in [2.75, 3.05) is 0 Å². The van der Waals surface area contributed by atoms with E-state index in [0.29, 0.717) is 12.8 Å². The molecule has 2 nitrogen and oxygen atoms in total.